The first-order valence-electron chi connectivity index (χ1n) is 5.93. The Kier molecular flexibility index (Phi) is 2.96. The van der Waals surface area contributed by atoms with Gasteiger partial charge >= 0.3 is 0 Å². The van der Waals surface area contributed by atoms with Crippen LogP contribution in [0.4, 0.5) is 4.39 Å². The molecule has 0 aromatic heterocycles. The van der Waals surface area contributed by atoms with Crippen LogP contribution >= 0.6 is 11.6 Å². The summed E-state index contributed by atoms with van der Waals surface area (Å²) in [5, 5.41) is 0.634. The quantitative estimate of drug-likeness (QED) is 0.707. The lowest BCUT2D eigenvalue weighted by Crippen LogP contribution is -1.95. The smallest absolute Gasteiger partial charge is 0.189 e. The van der Waals surface area contributed by atoms with Crippen molar-refractivity contribution in [1.29, 1.82) is 0 Å². The molecule has 1 aliphatic rings. The normalized spacial score (nSPS) is 15.9. The third-order valence-electron chi connectivity index (χ3n) is 3.20. The van der Waals surface area contributed by atoms with E-state index in [0.717, 1.165) is 11.1 Å². The van der Waals surface area contributed by atoms with Crippen LogP contribution in [0, 0.1) is 5.82 Å². The van der Waals surface area contributed by atoms with Gasteiger partial charge in [-0.3, -0.25) is 4.79 Å². The van der Waals surface area contributed by atoms with Crippen molar-refractivity contribution in [3.63, 3.8) is 0 Å². The molecule has 0 heterocycles. The minimum absolute atomic E-state index is 0.0241. The molecule has 1 aliphatic carbocycles. The second-order valence-electron chi connectivity index (χ2n) is 4.53. The van der Waals surface area contributed by atoms with Crippen LogP contribution in [0.15, 0.2) is 48.0 Å². The van der Waals surface area contributed by atoms with E-state index in [4.69, 9.17) is 11.6 Å². The van der Waals surface area contributed by atoms with E-state index in [2.05, 4.69) is 0 Å². The Morgan fingerprint density at radius 3 is 2.58 bits per heavy atom. The third kappa shape index (κ3) is 2.32. The Labute approximate surface area is 115 Å². The molecule has 0 unspecified atom stereocenters. The summed E-state index contributed by atoms with van der Waals surface area (Å²) < 4.78 is 12.8. The van der Waals surface area contributed by atoms with E-state index in [1.807, 2.05) is 6.07 Å². The van der Waals surface area contributed by atoms with Gasteiger partial charge in [-0.15, -0.1) is 0 Å². The molecule has 2 aromatic carbocycles. The summed E-state index contributed by atoms with van der Waals surface area (Å²) in [7, 11) is 0. The van der Waals surface area contributed by atoms with Crippen molar-refractivity contribution in [3.05, 3.63) is 75.6 Å². The molecule has 94 valence electrons. The maximum atomic E-state index is 12.8. The van der Waals surface area contributed by atoms with Crippen molar-refractivity contribution in [3.8, 4) is 0 Å². The number of Topliss-reactive ketones (excluding diaryl/α,β-unsaturated/α-hetero) is 1. The first kappa shape index (κ1) is 12.1. The zero-order valence-electron chi connectivity index (χ0n) is 9.99. The fraction of sp³-hybridized carbons (Fsp3) is 0.0625. The van der Waals surface area contributed by atoms with Crippen molar-refractivity contribution in [2.24, 2.45) is 0 Å². The molecule has 0 aliphatic heterocycles. The van der Waals surface area contributed by atoms with E-state index in [0.29, 0.717) is 22.6 Å². The van der Waals surface area contributed by atoms with Gasteiger partial charge < -0.3 is 0 Å². The zero-order valence-corrected chi connectivity index (χ0v) is 10.7. The fourth-order valence-electron chi connectivity index (χ4n) is 2.27. The van der Waals surface area contributed by atoms with Crippen LogP contribution in [0.25, 0.3) is 6.08 Å². The zero-order chi connectivity index (χ0) is 13.4. The Morgan fingerprint density at radius 2 is 1.84 bits per heavy atom. The van der Waals surface area contributed by atoms with Gasteiger partial charge in [0.15, 0.2) is 5.78 Å². The van der Waals surface area contributed by atoms with Crippen molar-refractivity contribution in [1.82, 2.24) is 0 Å². The number of carbonyl (C=O) groups excluding carboxylic acids is 1. The maximum Gasteiger partial charge on any atom is 0.189 e. The Bertz CT molecular complexity index is 686. The van der Waals surface area contributed by atoms with Gasteiger partial charge in [0, 0.05) is 22.6 Å². The number of rotatable bonds is 1. The summed E-state index contributed by atoms with van der Waals surface area (Å²) in [4.78, 5) is 12.2. The molecule has 1 nitrogen and oxygen atoms in total. The molecule has 3 heteroatoms. The van der Waals surface area contributed by atoms with Gasteiger partial charge in [0.2, 0.25) is 0 Å². The lowest BCUT2D eigenvalue weighted by atomic mass is 10.1. The predicted octanol–water partition coefficient (Wildman–Crippen LogP) is 4.30. The Morgan fingerprint density at radius 1 is 1.11 bits per heavy atom. The Hall–Kier alpha value is -1.93. The first-order valence-corrected chi connectivity index (χ1v) is 6.30. The molecule has 3 rings (SSSR count). The number of ketones is 1. The minimum Gasteiger partial charge on any atom is -0.289 e. The van der Waals surface area contributed by atoms with Gasteiger partial charge in [-0.05, 0) is 47.5 Å². The fourth-order valence-corrected chi connectivity index (χ4v) is 2.46. The molecule has 0 amide bonds. The second kappa shape index (κ2) is 4.63. The molecular weight excluding hydrogens is 263 g/mol. The van der Waals surface area contributed by atoms with E-state index in [9.17, 15) is 9.18 Å². The van der Waals surface area contributed by atoms with Crippen LogP contribution in [0.1, 0.15) is 21.5 Å². The monoisotopic (exact) mass is 272 g/mol. The average Bonchev–Trinajstić information content (AvgIpc) is 2.68. The van der Waals surface area contributed by atoms with Gasteiger partial charge in [-0.2, -0.15) is 0 Å². The molecule has 0 saturated carbocycles. The number of allylic oxidation sites excluding steroid dienone is 1. The van der Waals surface area contributed by atoms with Gasteiger partial charge in [-0.1, -0.05) is 23.7 Å². The maximum absolute atomic E-state index is 12.8. The summed E-state index contributed by atoms with van der Waals surface area (Å²) >= 11 is 5.92. The molecule has 0 bridgehead atoms. The Balaban J connectivity index is 1.97. The summed E-state index contributed by atoms with van der Waals surface area (Å²) in [5.74, 6) is -0.258. The SMILES string of the molecule is O=C1/C(=C/c2ccc(F)cc2)Cc2cc(Cl)ccc21. The van der Waals surface area contributed by atoms with Crippen molar-refractivity contribution >= 4 is 23.5 Å². The van der Waals surface area contributed by atoms with Crippen LogP contribution < -0.4 is 0 Å². The first-order chi connectivity index (χ1) is 9.13. The lowest BCUT2D eigenvalue weighted by molar-refractivity contribution is 0.104. The largest absolute Gasteiger partial charge is 0.289 e. The van der Waals surface area contributed by atoms with Crippen LogP contribution in [-0.2, 0) is 6.42 Å². The summed E-state index contributed by atoms with van der Waals surface area (Å²) in [6.07, 6.45) is 2.38. The molecule has 0 saturated heterocycles. The number of carbonyl (C=O) groups is 1. The standard InChI is InChI=1S/C16H10ClFO/c17-13-3-6-15-11(9-13)8-12(16(15)19)7-10-1-4-14(18)5-2-10/h1-7,9H,8H2/b12-7+. The molecule has 0 atom stereocenters. The molecule has 0 fully saturated rings. The van der Waals surface area contributed by atoms with Crippen LogP contribution in [0.2, 0.25) is 5.02 Å². The molecule has 0 spiro atoms. The topological polar surface area (TPSA) is 17.1 Å². The molecule has 2 aromatic rings. The highest BCUT2D eigenvalue weighted by Gasteiger charge is 2.24. The van der Waals surface area contributed by atoms with E-state index >= 15 is 0 Å². The average molecular weight is 273 g/mol. The molecule has 19 heavy (non-hydrogen) atoms. The van der Waals surface area contributed by atoms with E-state index < -0.39 is 0 Å². The number of halogens is 2. The lowest BCUT2D eigenvalue weighted by Gasteiger charge is -1.96. The van der Waals surface area contributed by atoms with Crippen molar-refractivity contribution < 1.29 is 9.18 Å². The van der Waals surface area contributed by atoms with Crippen LogP contribution in [0.3, 0.4) is 0 Å². The molecular formula is C16H10ClFO. The molecule has 0 radical (unpaired) electrons. The van der Waals surface area contributed by atoms with E-state index in [-0.39, 0.29) is 11.6 Å². The van der Waals surface area contributed by atoms with Crippen LogP contribution in [0.5, 0.6) is 0 Å². The minimum atomic E-state index is -0.282. The van der Waals surface area contributed by atoms with Gasteiger partial charge in [0.05, 0.1) is 0 Å². The highest BCUT2D eigenvalue weighted by atomic mass is 35.5. The third-order valence-corrected chi connectivity index (χ3v) is 3.43. The highest BCUT2D eigenvalue weighted by molar-refractivity contribution is 6.31. The number of fused-ring (bicyclic) bond motifs is 1. The van der Waals surface area contributed by atoms with Crippen molar-refractivity contribution in [2.45, 2.75) is 6.42 Å². The highest BCUT2D eigenvalue weighted by Crippen LogP contribution is 2.29. The number of hydrogen-bond donors (Lipinski definition) is 0. The van der Waals surface area contributed by atoms with E-state index in [1.54, 1.807) is 30.3 Å². The van der Waals surface area contributed by atoms with Crippen molar-refractivity contribution in [2.75, 3.05) is 0 Å². The summed E-state index contributed by atoms with van der Waals surface area (Å²) in [5.41, 5.74) is 3.19. The number of hydrogen-bond acceptors (Lipinski definition) is 1. The van der Waals surface area contributed by atoms with E-state index in [1.165, 1.54) is 12.1 Å². The van der Waals surface area contributed by atoms with Gasteiger partial charge in [0.1, 0.15) is 5.82 Å². The molecule has 0 N–H and O–H groups in total. The van der Waals surface area contributed by atoms with Gasteiger partial charge in [-0.25, -0.2) is 4.39 Å². The summed E-state index contributed by atoms with van der Waals surface area (Å²) in [6, 6.07) is 11.4. The van der Waals surface area contributed by atoms with Gasteiger partial charge in [0.25, 0.3) is 0 Å². The predicted molar refractivity (Wildman–Crippen MR) is 73.9 cm³/mol. The second-order valence-corrected chi connectivity index (χ2v) is 4.96. The van der Waals surface area contributed by atoms with Crippen LogP contribution in [-0.4, -0.2) is 5.78 Å². The number of benzene rings is 2. The summed E-state index contributed by atoms with van der Waals surface area (Å²) in [6.45, 7) is 0.